The van der Waals surface area contributed by atoms with Gasteiger partial charge in [-0.1, -0.05) is 12.1 Å². The standard InChI is InChI=1S/C18H22N4O/c1-13-5-3-7-15(22-11-9-21(2)10-12-22)16(13)17-14(18(19)23)6-4-8-20-17/h3-8H,9-12H2,1-2H3,(H2,19,23). The van der Waals surface area contributed by atoms with Crippen LogP contribution in [0.3, 0.4) is 0 Å². The summed E-state index contributed by atoms with van der Waals surface area (Å²) in [6.45, 7) is 6.03. The number of pyridine rings is 1. The van der Waals surface area contributed by atoms with E-state index in [0.29, 0.717) is 11.3 Å². The molecule has 0 atom stereocenters. The van der Waals surface area contributed by atoms with Crippen molar-refractivity contribution in [2.24, 2.45) is 5.73 Å². The number of carbonyl (C=O) groups excluding carboxylic acids is 1. The second kappa shape index (κ2) is 6.38. The minimum absolute atomic E-state index is 0.444. The molecule has 1 aliphatic heterocycles. The van der Waals surface area contributed by atoms with E-state index in [0.717, 1.165) is 43.0 Å². The maximum absolute atomic E-state index is 11.8. The largest absolute Gasteiger partial charge is 0.368 e. The van der Waals surface area contributed by atoms with Crippen molar-refractivity contribution in [2.75, 3.05) is 38.1 Å². The van der Waals surface area contributed by atoms with Crippen LogP contribution in [0.2, 0.25) is 0 Å². The van der Waals surface area contributed by atoms with E-state index in [4.69, 9.17) is 5.73 Å². The molecule has 1 amide bonds. The second-order valence-electron chi connectivity index (χ2n) is 6.02. The fourth-order valence-electron chi connectivity index (χ4n) is 3.07. The molecule has 2 N–H and O–H groups in total. The first-order valence-electron chi connectivity index (χ1n) is 7.86. The number of benzene rings is 1. The third-order valence-corrected chi connectivity index (χ3v) is 4.40. The highest BCUT2D eigenvalue weighted by molar-refractivity contribution is 6.00. The van der Waals surface area contributed by atoms with E-state index in [-0.39, 0.29) is 0 Å². The van der Waals surface area contributed by atoms with E-state index in [1.54, 1.807) is 18.3 Å². The van der Waals surface area contributed by atoms with Crippen molar-refractivity contribution >= 4 is 11.6 Å². The smallest absolute Gasteiger partial charge is 0.250 e. The lowest BCUT2D eigenvalue weighted by Gasteiger charge is -2.35. The second-order valence-corrected chi connectivity index (χ2v) is 6.02. The van der Waals surface area contributed by atoms with Crippen LogP contribution in [-0.4, -0.2) is 49.0 Å². The molecule has 1 aliphatic rings. The normalized spacial score (nSPS) is 15.7. The average Bonchev–Trinajstić information content (AvgIpc) is 2.55. The molecule has 0 spiro atoms. The van der Waals surface area contributed by atoms with Gasteiger partial charge in [-0.15, -0.1) is 0 Å². The number of carbonyl (C=O) groups is 1. The zero-order chi connectivity index (χ0) is 16.4. The van der Waals surface area contributed by atoms with E-state index in [1.165, 1.54) is 0 Å². The van der Waals surface area contributed by atoms with Crippen LogP contribution in [0.5, 0.6) is 0 Å². The summed E-state index contributed by atoms with van der Waals surface area (Å²) in [6.07, 6.45) is 1.71. The molecule has 5 heteroatoms. The number of nitrogens with zero attached hydrogens (tertiary/aromatic N) is 3. The van der Waals surface area contributed by atoms with Gasteiger partial charge in [-0.3, -0.25) is 9.78 Å². The summed E-state index contributed by atoms with van der Waals surface area (Å²) in [7, 11) is 2.14. The predicted octanol–water partition coefficient (Wildman–Crippen LogP) is 1.91. The Morgan fingerprint density at radius 1 is 1.13 bits per heavy atom. The number of amides is 1. The Balaban J connectivity index is 2.11. The maximum atomic E-state index is 11.8. The van der Waals surface area contributed by atoms with Gasteiger partial charge >= 0.3 is 0 Å². The number of nitrogens with two attached hydrogens (primary N) is 1. The van der Waals surface area contributed by atoms with Gasteiger partial charge in [-0.25, -0.2) is 0 Å². The van der Waals surface area contributed by atoms with E-state index < -0.39 is 5.91 Å². The quantitative estimate of drug-likeness (QED) is 0.940. The van der Waals surface area contributed by atoms with Gasteiger partial charge in [0, 0.05) is 43.6 Å². The number of hydrogen-bond donors (Lipinski definition) is 1. The molecule has 2 heterocycles. The van der Waals surface area contributed by atoms with Crippen LogP contribution in [0.4, 0.5) is 5.69 Å². The van der Waals surface area contributed by atoms with Crippen molar-refractivity contribution < 1.29 is 4.79 Å². The summed E-state index contributed by atoms with van der Waals surface area (Å²) < 4.78 is 0. The van der Waals surface area contributed by atoms with Crippen molar-refractivity contribution in [2.45, 2.75) is 6.92 Å². The molecule has 1 saturated heterocycles. The molecule has 3 rings (SSSR count). The first kappa shape index (κ1) is 15.5. The van der Waals surface area contributed by atoms with Crippen molar-refractivity contribution in [3.8, 4) is 11.3 Å². The summed E-state index contributed by atoms with van der Waals surface area (Å²) in [4.78, 5) is 20.9. The van der Waals surface area contributed by atoms with Crippen LogP contribution in [0.25, 0.3) is 11.3 Å². The van der Waals surface area contributed by atoms with Gasteiger partial charge in [0.25, 0.3) is 5.91 Å². The molecule has 0 saturated carbocycles. The number of piperazine rings is 1. The minimum atomic E-state index is -0.444. The van der Waals surface area contributed by atoms with Crippen molar-refractivity contribution in [3.05, 3.63) is 47.7 Å². The van der Waals surface area contributed by atoms with Crippen LogP contribution < -0.4 is 10.6 Å². The first-order chi connectivity index (χ1) is 11.1. The molecule has 1 aromatic carbocycles. The highest BCUT2D eigenvalue weighted by Crippen LogP contribution is 2.34. The molecule has 120 valence electrons. The molecule has 1 aromatic heterocycles. The van der Waals surface area contributed by atoms with Crippen molar-refractivity contribution in [3.63, 3.8) is 0 Å². The third-order valence-electron chi connectivity index (χ3n) is 4.40. The fraction of sp³-hybridized carbons (Fsp3) is 0.333. The van der Waals surface area contributed by atoms with E-state index >= 15 is 0 Å². The average molecular weight is 310 g/mol. The van der Waals surface area contributed by atoms with Gasteiger partial charge in [-0.2, -0.15) is 0 Å². The fourth-order valence-corrected chi connectivity index (χ4v) is 3.07. The van der Waals surface area contributed by atoms with Crippen LogP contribution in [0.15, 0.2) is 36.5 Å². The summed E-state index contributed by atoms with van der Waals surface area (Å²) in [5.74, 6) is -0.444. The first-order valence-corrected chi connectivity index (χ1v) is 7.86. The van der Waals surface area contributed by atoms with E-state index in [2.05, 4.69) is 34.0 Å². The highest BCUT2D eigenvalue weighted by atomic mass is 16.1. The van der Waals surface area contributed by atoms with Crippen molar-refractivity contribution in [1.29, 1.82) is 0 Å². The number of rotatable bonds is 3. The Morgan fingerprint density at radius 2 is 1.87 bits per heavy atom. The topological polar surface area (TPSA) is 62.5 Å². The Hall–Kier alpha value is -2.40. The van der Waals surface area contributed by atoms with Gasteiger partial charge in [-0.05, 0) is 37.7 Å². The molecule has 0 unspecified atom stereocenters. The number of aryl methyl sites for hydroxylation is 1. The van der Waals surface area contributed by atoms with Crippen LogP contribution in [0, 0.1) is 6.92 Å². The third kappa shape index (κ3) is 3.05. The van der Waals surface area contributed by atoms with E-state index in [9.17, 15) is 4.79 Å². The molecule has 1 fully saturated rings. The zero-order valence-corrected chi connectivity index (χ0v) is 13.6. The number of aromatic nitrogens is 1. The Kier molecular flexibility index (Phi) is 4.30. The molecular formula is C18H22N4O. The molecule has 2 aromatic rings. The highest BCUT2D eigenvalue weighted by Gasteiger charge is 2.21. The Morgan fingerprint density at radius 3 is 2.57 bits per heavy atom. The lowest BCUT2D eigenvalue weighted by molar-refractivity contribution is 0.100. The van der Waals surface area contributed by atoms with Gasteiger partial charge in [0.2, 0.25) is 0 Å². The Bertz CT molecular complexity index is 721. The van der Waals surface area contributed by atoms with Crippen molar-refractivity contribution in [1.82, 2.24) is 9.88 Å². The van der Waals surface area contributed by atoms with Gasteiger partial charge in [0.05, 0.1) is 11.3 Å². The van der Waals surface area contributed by atoms with Crippen LogP contribution in [-0.2, 0) is 0 Å². The lowest BCUT2D eigenvalue weighted by Crippen LogP contribution is -2.44. The molecule has 0 aliphatic carbocycles. The molecule has 0 bridgehead atoms. The molecular weight excluding hydrogens is 288 g/mol. The summed E-state index contributed by atoms with van der Waals surface area (Å²) >= 11 is 0. The van der Waals surface area contributed by atoms with Crippen LogP contribution in [0.1, 0.15) is 15.9 Å². The van der Waals surface area contributed by atoms with Gasteiger partial charge in [0.15, 0.2) is 0 Å². The SMILES string of the molecule is Cc1cccc(N2CCN(C)CC2)c1-c1ncccc1C(N)=O. The predicted molar refractivity (Wildman–Crippen MR) is 92.6 cm³/mol. The summed E-state index contributed by atoms with van der Waals surface area (Å²) in [5, 5.41) is 0. The number of anilines is 1. The zero-order valence-electron chi connectivity index (χ0n) is 13.6. The number of primary amides is 1. The lowest BCUT2D eigenvalue weighted by atomic mass is 9.97. The Labute approximate surface area is 136 Å². The summed E-state index contributed by atoms with van der Waals surface area (Å²) in [5.41, 5.74) is 9.92. The van der Waals surface area contributed by atoms with Gasteiger partial charge < -0.3 is 15.5 Å². The monoisotopic (exact) mass is 310 g/mol. The summed E-state index contributed by atoms with van der Waals surface area (Å²) in [6, 6.07) is 9.70. The maximum Gasteiger partial charge on any atom is 0.250 e. The van der Waals surface area contributed by atoms with E-state index in [1.807, 2.05) is 13.0 Å². The van der Waals surface area contributed by atoms with Gasteiger partial charge in [0.1, 0.15) is 0 Å². The molecule has 23 heavy (non-hydrogen) atoms. The minimum Gasteiger partial charge on any atom is -0.368 e. The molecule has 0 radical (unpaired) electrons. The number of hydrogen-bond acceptors (Lipinski definition) is 4. The van der Waals surface area contributed by atoms with Crippen LogP contribution >= 0.6 is 0 Å². The number of likely N-dealkylation sites (N-methyl/N-ethyl adjacent to an activating group) is 1. The molecule has 5 nitrogen and oxygen atoms in total.